The molecule has 0 atom stereocenters. The van der Waals surface area contributed by atoms with E-state index in [1.165, 1.54) is 12.1 Å². The van der Waals surface area contributed by atoms with Crippen LogP contribution >= 0.6 is 0 Å². The summed E-state index contributed by atoms with van der Waals surface area (Å²) in [4.78, 5) is 11.1. The van der Waals surface area contributed by atoms with Gasteiger partial charge in [-0.3, -0.25) is 0 Å². The number of carboxylic acid groups (broad SMARTS) is 1. The van der Waals surface area contributed by atoms with Gasteiger partial charge in [0.05, 0.1) is 12.2 Å². The Morgan fingerprint density at radius 3 is 2.59 bits per heavy atom. The molecule has 0 amide bonds. The molecule has 1 aromatic carbocycles. The van der Waals surface area contributed by atoms with Crippen LogP contribution in [0.1, 0.15) is 34.8 Å². The monoisotopic (exact) mass is 307 g/mol. The van der Waals surface area contributed by atoms with Crippen LogP contribution in [0.3, 0.4) is 0 Å². The number of halogens is 1. The lowest BCUT2D eigenvalue weighted by Crippen LogP contribution is -2.17. The van der Waals surface area contributed by atoms with Crippen LogP contribution in [0, 0.1) is 5.82 Å². The Bertz CT molecular complexity index is 582. The third kappa shape index (κ3) is 4.70. The normalized spacial score (nSPS) is 10.3. The first kappa shape index (κ1) is 17.9. The fourth-order valence-electron chi connectivity index (χ4n) is 2.04. The third-order valence-electron chi connectivity index (χ3n) is 3.34. The Morgan fingerprint density at radius 1 is 1.36 bits per heavy atom. The maximum Gasteiger partial charge on any atom is 0.338 e. The number of benzene rings is 1. The molecule has 0 saturated carbocycles. The van der Waals surface area contributed by atoms with Gasteiger partial charge in [0, 0.05) is 25.8 Å². The van der Waals surface area contributed by atoms with Crippen molar-refractivity contribution in [2.24, 2.45) is 0 Å². The summed E-state index contributed by atoms with van der Waals surface area (Å²) in [6.45, 7) is 10.7. The van der Waals surface area contributed by atoms with E-state index in [4.69, 9.17) is 9.84 Å². The zero-order valence-corrected chi connectivity index (χ0v) is 13.0. The molecular weight excluding hydrogens is 285 g/mol. The SMILES string of the molecule is C=C(CCOC)NCC(=C)c1cc(C(=O)O)c(F)cc1CC. The maximum absolute atomic E-state index is 13.7. The van der Waals surface area contributed by atoms with Gasteiger partial charge in [0.1, 0.15) is 5.82 Å². The molecule has 22 heavy (non-hydrogen) atoms. The average Bonchev–Trinajstić information content (AvgIpc) is 2.49. The predicted molar refractivity (Wildman–Crippen MR) is 85.4 cm³/mol. The number of hydrogen-bond acceptors (Lipinski definition) is 3. The van der Waals surface area contributed by atoms with E-state index in [0.717, 1.165) is 11.3 Å². The van der Waals surface area contributed by atoms with Crippen LogP contribution in [-0.4, -0.2) is 31.3 Å². The Morgan fingerprint density at radius 2 is 2.05 bits per heavy atom. The number of aryl methyl sites for hydroxylation is 1. The summed E-state index contributed by atoms with van der Waals surface area (Å²) in [6.07, 6.45) is 1.27. The molecule has 0 aliphatic carbocycles. The number of nitrogens with one attached hydrogen (secondary N) is 1. The molecule has 2 N–H and O–H groups in total. The van der Waals surface area contributed by atoms with E-state index >= 15 is 0 Å². The van der Waals surface area contributed by atoms with Gasteiger partial charge >= 0.3 is 5.97 Å². The second-order valence-electron chi connectivity index (χ2n) is 4.95. The van der Waals surface area contributed by atoms with E-state index in [9.17, 15) is 9.18 Å². The van der Waals surface area contributed by atoms with Crippen molar-refractivity contribution in [3.63, 3.8) is 0 Å². The van der Waals surface area contributed by atoms with Crippen molar-refractivity contribution in [1.82, 2.24) is 5.32 Å². The average molecular weight is 307 g/mol. The van der Waals surface area contributed by atoms with Crippen LogP contribution in [0.5, 0.6) is 0 Å². The summed E-state index contributed by atoms with van der Waals surface area (Å²) in [5, 5.41) is 12.2. The van der Waals surface area contributed by atoms with Crippen LogP contribution in [0.25, 0.3) is 5.57 Å². The van der Waals surface area contributed by atoms with Crippen LogP contribution in [0.4, 0.5) is 4.39 Å². The Balaban J connectivity index is 2.90. The standard InChI is InChI=1S/C17H22FNO3/c1-5-13-8-16(18)15(17(20)21)9-14(13)11(2)10-19-12(3)6-7-22-4/h8-9,19H,2-3,5-7,10H2,1,4H3,(H,20,21). The van der Waals surface area contributed by atoms with Gasteiger partial charge in [-0.1, -0.05) is 20.1 Å². The van der Waals surface area contributed by atoms with E-state index in [1.54, 1.807) is 7.11 Å². The minimum Gasteiger partial charge on any atom is -0.478 e. The van der Waals surface area contributed by atoms with Crippen LogP contribution < -0.4 is 5.32 Å². The highest BCUT2D eigenvalue weighted by molar-refractivity contribution is 5.89. The van der Waals surface area contributed by atoms with Crippen molar-refractivity contribution < 1.29 is 19.0 Å². The topological polar surface area (TPSA) is 58.6 Å². The molecule has 0 aliphatic heterocycles. The van der Waals surface area contributed by atoms with Gasteiger partial charge in [0.25, 0.3) is 0 Å². The molecule has 0 aliphatic rings. The highest BCUT2D eigenvalue weighted by atomic mass is 19.1. The summed E-state index contributed by atoms with van der Waals surface area (Å²) >= 11 is 0. The van der Waals surface area contributed by atoms with E-state index in [0.29, 0.717) is 37.1 Å². The highest BCUT2D eigenvalue weighted by Crippen LogP contribution is 2.23. The summed E-state index contributed by atoms with van der Waals surface area (Å²) in [5.41, 5.74) is 2.55. The number of aromatic carboxylic acids is 1. The predicted octanol–water partition coefficient (Wildman–Crippen LogP) is 3.24. The lowest BCUT2D eigenvalue weighted by molar-refractivity contribution is 0.0692. The Kier molecular flexibility index (Phi) is 6.79. The molecule has 0 radical (unpaired) electrons. The quantitative estimate of drug-likeness (QED) is 0.735. The van der Waals surface area contributed by atoms with Gasteiger partial charge in [-0.2, -0.15) is 0 Å². The number of hydrogen-bond donors (Lipinski definition) is 2. The van der Waals surface area contributed by atoms with Crippen molar-refractivity contribution in [2.75, 3.05) is 20.3 Å². The van der Waals surface area contributed by atoms with Crippen molar-refractivity contribution in [3.8, 4) is 0 Å². The number of carbonyl (C=O) groups is 1. The molecule has 0 spiro atoms. The molecule has 0 saturated heterocycles. The van der Waals surface area contributed by atoms with Crippen LogP contribution in [0.15, 0.2) is 31.0 Å². The Labute approximate surface area is 130 Å². The molecular formula is C17H22FNO3. The van der Waals surface area contributed by atoms with Crippen LogP contribution in [-0.2, 0) is 11.2 Å². The molecule has 5 heteroatoms. The fourth-order valence-corrected chi connectivity index (χ4v) is 2.04. The Hall–Kier alpha value is -2.14. The van der Waals surface area contributed by atoms with Gasteiger partial charge < -0.3 is 15.2 Å². The van der Waals surface area contributed by atoms with Gasteiger partial charge in [-0.25, -0.2) is 9.18 Å². The van der Waals surface area contributed by atoms with E-state index in [1.807, 2.05) is 6.92 Å². The van der Waals surface area contributed by atoms with Gasteiger partial charge in [0.15, 0.2) is 0 Å². The molecule has 0 fully saturated rings. The van der Waals surface area contributed by atoms with E-state index < -0.39 is 11.8 Å². The smallest absolute Gasteiger partial charge is 0.338 e. The number of rotatable bonds is 9. The molecule has 1 rings (SSSR count). The second-order valence-corrected chi connectivity index (χ2v) is 4.95. The lowest BCUT2D eigenvalue weighted by Gasteiger charge is -2.15. The number of carboxylic acids is 1. The minimum absolute atomic E-state index is 0.341. The lowest BCUT2D eigenvalue weighted by atomic mass is 9.96. The summed E-state index contributed by atoms with van der Waals surface area (Å²) in [5.74, 6) is -2.01. The molecule has 0 heterocycles. The van der Waals surface area contributed by atoms with Crippen LogP contribution in [0.2, 0.25) is 0 Å². The third-order valence-corrected chi connectivity index (χ3v) is 3.34. The zero-order valence-electron chi connectivity index (χ0n) is 13.0. The highest BCUT2D eigenvalue weighted by Gasteiger charge is 2.15. The molecule has 1 aromatic rings. The number of ether oxygens (including phenoxy) is 1. The van der Waals surface area contributed by atoms with E-state index in [2.05, 4.69) is 18.5 Å². The first-order chi connectivity index (χ1) is 10.4. The van der Waals surface area contributed by atoms with E-state index in [-0.39, 0.29) is 5.56 Å². The van der Waals surface area contributed by atoms with Crippen molar-refractivity contribution in [3.05, 3.63) is 53.5 Å². The first-order valence-electron chi connectivity index (χ1n) is 7.05. The van der Waals surface area contributed by atoms with Gasteiger partial charge in [-0.05, 0) is 35.3 Å². The van der Waals surface area contributed by atoms with Crippen molar-refractivity contribution in [2.45, 2.75) is 19.8 Å². The van der Waals surface area contributed by atoms with Crippen molar-refractivity contribution in [1.29, 1.82) is 0 Å². The zero-order chi connectivity index (χ0) is 16.7. The van der Waals surface area contributed by atoms with Gasteiger partial charge in [0.2, 0.25) is 0 Å². The van der Waals surface area contributed by atoms with Crippen molar-refractivity contribution >= 4 is 11.5 Å². The summed E-state index contributed by atoms with van der Waals surface area (Å²) in [7, 11) is 1.62. The molecule has 0 unspecified atom stereocenters. The largest absolute Gasteiger partial charge is 0.478 e. The van der Waals surface area contributed by atoms with Gasteiger partial charge in [-0.15, -0.1) is 0 Å². The first-order valence-corrected chi connectivity index (χ1v) is 7.05. The maximum atomic E-state index is 13.7. The summed E-state index contributed by atoms with van der Waals surface area (Å²) in [6, 6.07) is 2.61. The second kappa shape index (κ2) is 8.34. The minimum atomic E-state index is -1.29. The fraction of sp³-hybridized carbons (Fsp3) is 0.353. The molecule has 0 bridgehead atoms. The molecule has 0 aromatic heterocycles. The molecule has 4 nitrogen and oxygen atoms in total. The summed E-state index contributed by atoms with van der Waals surface area (Å²) < 4.78 is 18.7. The number of methoxy groups -OCH3 is 1. The molecule has 120 valence electrons.